The first-order valence-corrected chi connectivity index (χ1v) is 12.3. The first-order chi connectivity index (χ1) is 15.7. The van der Waals surface area contributed by atoms with Crippen molar-refractivity contribution in [3.05, 3.63) is 95.6 Å². The van der Waals surface area contributed by atoms with Gasteiger partial charge in [0.15, 0.2) is 6.61 Å². The molecule has 166 valence electrons. The third-order valence-corrected chi connectivity index (χ3v) is 6.89. The predicted octanol–water partition coefficient (Wildman–Crippen LogP) is 5.47. The Morgan fingerprint density at radius 1 is 0.969 bits per heavy atom. The molecule has 0 bridgehead atoms. The van der Waals surface area contributed by atoms with Crippen LogP contribution < -0.4 is 9.64 Å². The van der Waals surface area contributed by atoms with Crippen LogP contribution in [0, 0.1) is 0 Å². The van der Waals surface area contributed by atoms with Crippen LogP contribution in [0.25, 0.3) is 0 Å². The molecular formula is C27H29NO3S. The van der Waals surface area contributed by atoms with Gasteiger partial charge in [-0.2, -0.15) is 11.8 Å². The van der Waals surface area contributed by atoms with E-state index in [1.807, 2.05) is 23.9 Å². The van der Waals surface area contributed by atoms with Crippen LogP contribution in [-0.4, -0.2) is 42.3 Å². The summed E-state index contributed by atoms with van der Waals surface area (Å²) in [5, 5.41) is 8.95. The van der Waals surface area contributed by atoms with Crippen LogP contribution in [-0.2, 0) is 11.2 Å². The number of carbonyl (C=O) groups is 1. The van der Waals surface area contributed by atoms with Crippen molar-refractivity contribution in [2.45, 2.75) is 18.8 Å². The monoisotopic (exact) mass is 447 g/mol. The quantitative estimate of drug-likeness (QED) is 0.418. The second-order valence-corrected chi connectivity index (χ2v) is 9.13. The third kappa shape index (κ3) is 5.65. The lowest BCUT2D eigenvalue weighted by Crippen LogP contribution is -2.31. The maximum atomic E-state index is 10.9. The molecule has 4 nitrogen and oxygen atoms in total. The zero-order chi connectivity index (χ0) is 22.2. The van der Waals surface area contributed by atoms with Crippen molar-refractivity contribution in [2.75, 3.05) is 36.1 Å². The van der Waals surface area contributed by atoms with Gasteiger partial charge in [-0.25, -0.2) is 4.79 Å². The lowest BCUT2D eigenvalue weighted by molar-refractivity contribution is -0.139. The third-order valence-electron chi connectivity index (χ3n) is 5.85. The number of aliphatic carboxylic acids is 1. The first kappa shape index (κ1) is 22.3. The van der Waals surface area contributed by atoms with E-state index in [1.54, 1.807) is 0 Å². The van der Waals surface area contributed by atoms with E-state index in [0.717, 1.165) is 43.0 Å². The van der Waals surface area contributed by atoms with Gasteiger partial charge in [-0.15, -0.1) is 0 Å². The predicted molar refractivity (Wildman–Crippen MR) is 132 cm³/mol. The Kier molecular flexibility index (Phi) is 7.73. The number of carboxylic acids is 1. The number of hydrogen-bond acceptors (Lipinski definition) is 4. The Balaban J connectivity index is 1.38. The van der Waals surface area contributed by atoms with E-state index in [4.69, 9.17) is 9.84 Å². The molecule has 0 fully saturated rings. The number of thioether (sulfide) groups is 1. The van der Waals surface area contributed by atoms with Gasteiger partial charge in [0.05, 0.1) is 0 Å². The number of carboxylic acid groups (broad SMARTS) is 1. The Hall–Kier alpha value is -2.92. The van der Waals surface area contributed by atoms with E-state index in [0.29, 0.717) is 11.7 Å². The number of anilines is 1. The summed E-state index contributed by atoms with van der Waals surface area (Å²) in [4.78, 5) is 13.3. The zero-order valence-electron chi connectivity index (χ0n) is 18.2. The van der Waals surface area contributed by atoms with Gasteiger partial charge in [0.2, 0.25) is 0 Å². The van der Waals surface area contributed by atoms with Crippen molar-refractivity contribution in [1.29, 1.82) is 0 Å². The van der Waals surface area contributed by atoms with Crippen molar-refractivity contribution in [3.8, 4) is 5.75 Å². The summed E-state index contributed by atoms with van der Waals surface area (Å²) in [6.45, 7) is 1.69. The molecule has 0 spiro atoms. The molecular weight excluding hydrogens is 418 g/mol. The van der Waals surface area contributed by atoms with E-state index >= 15 is 0 Å². The average Bonchev–Trinajstić information content (AvgIpc) is 2.84. The van der Waals surface area contributed by atoms with Crippen molar-refractivity contribution in [1.82, 2.24) is 0 Å². The molecule has 32 heavy (non-hydrogen) atoms. The SMILES string of the molecule is O=C(O)COc1cccc2c1CCCN2CCSCC(c1ccccc1)c1ccccc1. The van der Waals surface area contributed by atoms with Gasteiger partial charge < -0.3 is 14.7 Å². The number of ether oxygens (including phenoxy) is 1. The summed E-state index contributed by atoms with van der Waals surface area (Å²) in [5.41, 5.74) is 5.03. The highest BCUT2D eigenvalue weighted by Crippen LogP contribution is 2.35. The molecule has 0 unspecified atom stereocenters. The smallest absolute Gasteiger partial charge is 0.341 e. The molecule has 0 atom stereocenters. The van der Waals surface area contributed by atoms with Crippen molar-refractivity contribution >= 4 is 23.4 Å². The minimum Gasteiger partial charge on any atom is -0.482 e. The molecule has 0 aromatic heterocycles. The van der Waals surface area contributed by atoms with Gasteiger partial charge in [-0.1, -0.05) is 66.7 Å². The average molecular weight is 448 g/mol. The molecule has 3 aromatic rings. The highest BCUT2D eigenvalue weighted by Gasteiger charge is 2.21. The molecule has 1 N–H and O–H groups in total. The summed E-state index contributed by atoms with van der Waals surface area (Å²) < 4.78 is 5.54. The Labute approximate surface area is 194 Å². The second-order valence-electron chi connectivity index (χ2n) is 7.98. The number of fused-ring (bicyclic) bond motifs is 1. The maximum Gasteiger partial charge on any atom is 0.341 e. The van der Waals surface area contributed by atoms with Crippen LogP contribution >= 0.6 is 11.8 Å². The summed E-state index contributed by atoms with van der Waals surface area (Å²) in [6, 6.07) is 27.5. The van der Waals surface area contributed by atoms with Gasteiger partial charge >= 0.3 is 5.97 Å². The minimum absolute atomic E-state index is 0.299. The molecule has 0 saturated heterocycles. The van der Waals surface area contributed by atoms with Crippen LogP contribution in [0.3, 0.4) is 0 Å². The molecule has 3 aromatic carbocycles. The first-order valence-electron chi connectivity index (χ1n) is 11.1. The van der Waals surface area contributed by atoms with Crippen LogP contribution in [0.2, 0.25) is 0 Å². The lowest BCUT2D eigenvalue weighted by atomic mass is 9.93. The van der Waals surface area contributed by atoms with Gasteiger partial charge in [0.1, 0.15) is 5.75 Å². The van der Waals surface area contributed by atoms with E-state index in [-0.39, 0.29) is 6.61 Å². The molecule has 1 aliphatic heterocycles. The Bertz CT molecular complexity index is 970. The van der Waals surface area contributed by atoms with Crippen LogP contribution in [0.5, 0.6) is 5.75 Å². The van der Waals surface area contributed by atoms with Crippen LogP contribution in [0.1, 0.15) is 29.0 Å². The molecule has 0 saturated carbocycles. The molecule has 4 rings (SSSR count). The van der Waals surface area contributed by atoms with Crippen LogP contribution in [0.15, 0.2) is 78.9 Å². The van der Waals surface area contributed by atoms with E-state index in [9.17, 15) is 4.79 Å². The number of rotatable bonds is 10. The number of benzene rings is 3. The Morgan fingerprint density at radius 2 is 1.66 bits per heavy atom. The molecule has 5 heteroatoms. The summed E-state index contributed by atoms with van der Waals surface area (Å²) in [7, 11) is 0. The van der Waals surface area contributed by atoms with Crippen molar-refractivity contribution in [3.63, 3.8) is 0 Å². The van der Waals surface area contributed by atoms with Crippen LogP contribution in [0.4, 0.5) is 5.69 Å². The fourth-order valence-corrected chi connectivity index (χ4v) is 5.44. The maximum absolute atomic E-state index is 10.9. The summed E-state index contributed by atoms with van der Waals surface area (Å²) in [6.07, 6.45) is 1.99. The van der Waals surface area contributed by atoms with E-state index in [2.05, 4.69) is 71.6 Å². The molecule has 0 aliphatic carbocycles. The molecule has 1 aliphatic rings. The van der Waals surface area contributed by atoms with Gasteiger partial charge in [-0.3, -0.25) is 0 Å². The summed E-state index contributed by atoms with van der Waals surface area (Å²) >= 11 is 1.99. The van der Waals surface area contributed by atoms with Crippen molar-refractivity contribution in [2.24, 2.45) is 0 Å². The van der Waals surface area contributed by atoms with E-state index < -0.39 is 5.97 Å². The van der Waals surface area contributed by atoms with Crippen molar-refractivity contribution < 1.29 is 14.6 Å². The lowest BCUT2D eigenvalue weighted by Gasteiger charge is -2.32. The number of nitrogens with zero attached hydrogens (tertiary/aromatic N) is 1. The highest BCUT2D eigenvalue weighted by atomic mass is 32.2. The number of hydrogen-bond donors (Lipinski definition) is 1. The topological polar surface area (TPSA) is 49.8 Å². The highest BCUT2D eigenvalue weighted by molar-refractivity contribution is 7.99. The normalized spacial score (nSPS) is 13.1. The molecule has 1 heterocycles. The zero-order valence-corrected chi connectivity index (χ0v) is 19.0. The Morgan fingerprint density at radius 3 is 2.31 bits per heavy atom. The second kappa shape index (κ2) is 11.1. The van der Waals surface area contributed by atoms with Gasteiger partial charge in [0, 0.05) is 41.8 Å². The molecule has 0 radical (unpaired) electrons. The van der Waals surface area contributed by atoms with Gasteiger partial charge in [0.25, 0.3) is 0 Å². The van der Waals surface area contributed by atoms with E-state index in [1.165, 1.54) is 16.8 Å². The summed E-state index contributed by atoms with van der Waals surface area (Å²) in [5.74, 6) is 2.22. The minimum atomic E-state index is -0.946. The largest absolute Gasteiger partial charge is 0.482 e. The molecule has 0 amide bonds. The standard InChI is InChI=1S/C27H29NO3S/c29-27(30)19-31-26-15-7-14-25-23(26)13-8-16-28(25)17-18-32-20-24(21-9-3-1-4-10-21)22-11-5-2-6-12-22/h1-7,9-12,14-15,24H,8,13,16-20H2,(H,29,30). The van der Waals surface area contributed by atoms with Gasteiger partial charge in [-0.05, 0) is 36.1 Å². The fraction of sp³-hybridized carbons (Fsp3) is 0.296. The fourth-order valence-electron chi connectivity index (χ4n) is 4.31.